The predicted molar refractivity (Wildman–Crippen MR) is 117 cm³/mol. The Balaban J connectivity index is 0.00000312. The van der Waals surface area contributed by atoms with Crippen LogP contribution in [0, 0.1) is 5.92 Å². The first-order valence-corrected chi connectivity index (χ1v) is 9.03. The van der Waals surface area contributed by atoms with Gasteiger partial charge in [0.2, 0.25) is 0 Å². The molecule has 8 heteroatoms. The molecule has 0 aliphatic heterocycles. The number of nitrogens with zero attached hydrogens (tertiary/aromatic N) is 3. The van der Waals surface area contributed by atoms with Crippen LogP contribution in [0.25, 0.3) is 5.65 Å². The topological polar surface area (TPSA) is 63.0 Å². The number of hydrogen-bond donors (Lipinski definition) is 2. The summed E-state index contributed by atoms with van der Waals surface area (Å²) in [6.07, 6.45) is 4.96. The van der Waals surface area contributed by atoms with Gasteiger partial charge in [-0.1, -0.05) is 13.8 Å². The lowest BCUT2D eigenvalue weighted by Gasteiger charge is -2.11. The van der Waals surface area contributed by atoms with E-state index in [1.165, 1.54) is 0 Å². The third-order valence-electron chi connectivity index (χ3n) is 3.33. The minimum atomic E-state index is 0. The van der Waals surface area contributed by atoms with E-state index in [0.717, 1.165) is 48.0 Å². The Morgan fingerprint density at radius 1 is 1.32 bits per heavy atom. The summed E-state index contributed by atoms with van der Waals surface area (Å²) < 4.78 is 8.60. The molecule has 0 saturated carbocycles. The van der Waals surface area contributed by atoms with E-state index < -0.39 is 0 Å². The van der Waals surface area contributed by atoms with Gasteiger partial charge in [-0.25, -0.2) is 4.98 Å². The van der Waals surface area contributed by atoms with Crippen molar-refractivity contribution in [3.8, 4) is 0 Å². The number of nitrogens with one attached hydrogen (secondary N) is 2. The highest BCUT2D eigenvalue weighted by atomic mass is 127. The van der Waals surface area contributed by atoms with Crippen molar-refractivity contribution in [1.29, 1.82) is 0 Å². The lowest BCUT2D eigenvalue weighted by Crippen LogP contribution is -2.37. The Labute approximate surface area is 175 Å². The number of aliphatic imine (C=N–C) groups is 1. The molecule has 2 aromatic rings. The summed E-state index contributed by atoms with van der Waals surface area (Å²) >= 11 is 3.47. The van der Waals surface area contributed by atoms with Gasteiger partial charge in [-0.05, 0) is 40.4 Å². The van der Waals surface area contributed by atoms with Gasteiger partial charge in [0, 0.05) is 43.7 Å². The third-order valence-corrected chi connectivity index (χ3v) is 3.80. The SMILES string of the molecule is CN=C(NCCCOCC(C)C)NCc1cn2cc(Br)ccc2n1.I. The Morgan fingerprint density at radius 3 is 2.84 bits per heavy atom. The number of guanidine groups is 1. The average molecular weight is 524 g/mol. The largest absolute Gasteiger partial charge is 0.381 e. The lowest BCUT2D eigenvalue weighted by atomic mass is 10.2. The van der Waals surface area contributed by atoms with Gasteiger partial charge in [-0.3, -0.25) is 4.99 Å². The number of pyridine rings is 1. The summed E-state index contributed by atoms with van der Waals surface area (Å²) in [4.78, 5) is 8.80. The van der Waals surface area contributed by atoms with Crippen LogP contribution in [0.3, 0.4) is 0 Å². The summed E-state index contributed by atoms with van der Waals surface area (Å²) in [7, 11) is 1.77. The number of aromatic nitrogens is 2. The maximum absolute atomic E-state index is 5.57. The van der Waals surface area contributed by atoms with Crippen molar-refractivity contribution in [2.45, 2.75) is 26.8 Å². The highest BCUT2D eigenvalue weighted by Crippen LogP contribution is 2.12. The molecular weight excluding hydrogens is 497 g/mol. The molecule has 0 radical (unpaired) electrons. The first-order valence-electron chi connectivity index (χ1n) is 8.24. The van der Waals surface area contributed by atoms with Crippen LogP contribution < -0.4 is 10.6 Å². The Bertz CT molecular complexity index is 674. The van der Waals surface area contributed by atoms with Crippen molar-refractivity contribution >= 4 is 51.5 Å². The van der Waals surface area contributed by atoms with E-state index >= 15 is 0 Å². The standard InChI is InChI=1S/C17H26BrN5O.HI/c1-13(2)12-24-8-4-7-20-17(19-3)21-9-15-11-23-10-14(18)5-6-16(23)22-15;/h5-6,10-11,13H,4,7-9,12H2,1-3H3,(H2,19,20,21);1H. The molecule has 0 spiro atoms. The average Bonchev–Trinajstić information content (AvgIpc) is 2.95. The quantitative estimate of drug-likeness (QED) is 0.241. The zero-order chi connectivity index (χ0) is 17.4. The van der Waals surface area contributed by atoms with Crippen LogP contribution in [-0.4, -0.2) is 42.2 Å². The second kappa shape index (κ2) is 11.7. The van der Waals surface area contributed by atoms with Crippen molar-refractivity contribution in [1.82, 2.24) is 20.0 Å². The van der Waals surface area contributed by atoms with Gasteiger partial charge < -0.3 is 19.8 Å². The summed E-state index contributed by atoms with van der Waals surface area (Å²) in [6, 6.07) is 3.97. The molecule has 2 heterocycles. The summed E-state index contributed by atoms with van der Waals surface area (Å²) in [5.74, 6) is 1.36. The fourth-order valence-corrected chi connectivity index (χ4v) is 2.55. The molecule has 140 valence electrons. The highest BCUT2D eigenvalue weighted by Gasteiger charge is 2.03. The van der Waals surface area contributed by atoms with E-state index in [4.69, 9.17) is 4.74 Å². The summed E-state index contributed by atoms with van der Waals surface area (Å²) in [5.41, 5.74) is 1.90. The molecule has 6 nitrogen and oxygen atoms in total. The number of rotatable bonds is 8. The molecule has 0 unspecified atom stereocenters. The third kappa shape index (κ3) is 7.91. The first-order chi connectivity index (χ1) is 11.6. The fraction of sp³-hybridized carbons (Fsp3) is 0.529. The zero-order valence-corrected chi connectivity index (χ0v) is 18.9. The number of ether oxygens (including phenoxy) is 1. The van der Waals surface area contributed by atoms with E-state index in [0.29, 0.717) is 12.5 Å². The molecular formula is C17H27BrIN5O. The summed E-state index contributed by atoms with van der Waals surface area (Å²) in [6.45, 7) is 7.35. The van der Waals surface area contributed by atoms with Crippen LogP contribution in [0.4, 0.5) is 0 Å². The second-order valence-electron chi connectivity index (χ2n) is 6.02. The maximum atomic E-state index is 5.57. The van der Waals surface area contributed by atoms with Gasteiger partial charge in [0.05, 0.1) is 12.2 Å². The van der Waals surface area contributed by atoms with Crippen LogP contribution in [0.5, 0.6) is 0 Å². The second-order valence-corrected chi connectivity index (χ2v) is 6.94. The Hall–Kier alpha value is -0.870. The van der Waals surface area contributed by atoms with Crippen LogP contribution in [-0.2, 0) is 11.3 Å². The summed E-state index contributed by atoms with van der Waals surface area (Å²) in [5, 5.41) is 6.57. The molecule has 2 N–H and O–H groups in total. The normalized spacial score (nSPS) is 11.6. The fourth-order valence-electron chi connectivity index (χ4n) is 2.20. The molecule has 2 aromatic heterocycles. The lowest BCUT2D eigenvalue weighted by molar-refractivity contribution is 0.108. The zero-order valence-electron chi connectivity index (χ0n) is 15.0. The first kappa shape index (κ1) is 22.2. The van der Waals surface area contributed by atoms with Gasteiger partial charge in [-0.15, -0.1) is 24.0 Å². The molecule has 0 amide bonds. The van der Waals surface area contributed by atoms with Crippen LogP contribution in [0.2, 0.25) is 0 Å². The highest BCUT2D eigenvalue weighted by molar-refractivity contribution is 14.0. The van der Waals surface area contributed by atoms with Crippen molar-refractivity contribution in [2.75, 3.05) is 26.8 Å². The predicted octanol–water partition coefficient (Wildman–Crippen LogP) is 3.44. The molecule has 0 bridgehead atoms. The number of halogens is 2. The number of hydrogen-bond acceptors (Lipinski definition) is 3. The van der Waals surface area contributed by atoms with Crippen LogP contribution in [0.15, 0.2) is 34.0 Å². The Kier molecular flexibility index (Phi) is 10.4. The number of fused-ring (bicyclic) bond motifs is 1. The van der Waals surface area contributed by atoms with Gasteiger partial charge in [0.1, 0.15) is 5.65 Å². The molecule has 0 saturated heterocycles. The smallest absolute Gasteiger partial charge is 0.191 e. The van der Waals surface area contributed by atoms with Gasteiger partial charge in [-0.2, -0.15) is 0 Å². The molecule has 2 rings (SSSR count). The van der Waals surface area contributed by atoms with Crippen molar-refractivity contribution in [2.24, 2.45) is 10.9 Å². The monoisotopic (exact) mass is 523 g/mol. The van der Waals surface area contributed by atoms with Gasteiger partial charge in [0.15, 0.2) is 5.96 Å². The minimum absolute atomic E-state index is 0. The maximum Gasteiger partial charge on any atom is 0.191 e. The van der Waals surface area contributed by atoms with Gasteiger partial charge in [0.25, 0.3) is 0 Å². The van der Waals surface area contributed by atoms with E-state index in [1.807, 2.05) is 28.9 Å². The van der Waals surface area contributed by atoms with Crippen molar-refractivity contribution in [3.63, 3.8) is 0 Å². The molecule has 0 atom stereocenters. The van der Waals surface area contributed by atoms with Crippen LogP contribution >= 0.6 is 39.9 Å². The van der Waals surface area contributed by atoms with Gasteiger partial charge >= 0.3 is 0 Å². The minimum Gasteiger partial charge on any atom is -0.381 e. The molecule has 0 aromatic carbocycles. The Morgan fingerprint density at radius 2 is 2.12 bits per heavy atom. The molecule has 0 fully saturated rings. The van der Waals surface area contributed by atoms with Crippen LogP contribution in [0.1, 0.15) is 26.0 Å². The number of imidazole rings is 1. The van der Waals surface area contributed by atoms with Crippen molar-refractivity contribution < 1.29 is 4.74 Å². The van der Waals surface area contributed by atoms with E-state index in [9.17, 15) is 0 Å². The molecule has 0 aliphatic rings. The molecule has 25 heavy (non-hydrogen) atoms. The van der Waals surface area contributed by atoms with Crippen molar-refractivity contribution in [3.05, 3.63) is 34.7 Å². The van der Waals surface area contributed by atoms with E-state index in [2.05, 4.69) is 50.4 Å². The van der Waals surface area contributed by atoms with E-state index in [-0.39, 0.29) is 24.0 Å². The molecule has 0 aliphatic carbocycles. The van der Waals surface area contributed by atoms with E-state index in [1.54, 1.807) is 7.05 Å².